The van der Waals surface area contributed by atoms with Crippen LogP contribution in [0.4, 0.5) is 0 Å². The Labute approximate surface area is 117 Å². The van der Waals surface area contributed by atoms with Crippen molar-refractivity contribution in [1.82, 2.24) is 9.36 Å². The Morgan fingerprint density at radius 2 is 2.29 bits per heavy atom. The maximum Gasteiger partial charge on any atom is 0.174 e. The number of aromatic nitrogens is 2. The maximum atomic E-state index is 9.28. The third kappa shape index (κ3) is 3.28. The fraction of sp³-hybridized carbons (Fsp3) is 0.273. The molecule has 90 valence electrons. The molecule has 0 bridgehead atoms. The van der Waals surface area contributed by atoms with Crippen molar-refractivity contribution in [3.63, 3.8) is 0 Å². The molecule has 0 unspecified atom stereocenters. The van der Waals surface area contributed by atoms with Gasteiger partial charge >= 0.3 is 0 Å². The number of rotatable bonds is 4. The highest BCUT2D eigenvalue weighted by Gasteiger charge is 2.08. The lowest BCUT2D eigenvalue weighted by Crippen LogP contribution is -1.87. The Balaban J connectivity index is 2.25. The number of aliphatic hydroxyl groups is 1. The lowest BCUT2D eigenvalue weighted by Gasteiger charge is -2.05. The molecule has 6 heteroatoms. The summed E-state index contributed by atoms with van der Waals surface area (Å²) in [5.41, 5.74) is 0.909. The molecule has 0 saturated carbocycles. The highest BCUT2D eigenvalue weighted by molar-refractivity contribution is 9.10. The van der Waals surface area contributed by atoms with Crippen molar-refractivity contribution in [2.45, 2.75) is 29.2 Å². The molecule has 0 aliphatic heterocycles. The first-order chi connectivity index (χ1) is 8.22. The second-order valence-electron chi connectivity index (χ2n) is 3.34. The van der Waals surface area contributed by atoms with Crippen LogP contribution in [0.3, 0.4) is 0 Å². The Hall–Kier alpha value is -0.430. The summed E-state index contributed by atoms with van der Waals surface area (Å²) in [6.45, 7) is 2.07. The van der Waals surface area contributed by atoms with Crippen LogP contribution in [0.2, 0.25) is 0 Å². The molecule has 1 aromatic carbocycles. The summed E-state index contributed by atoms with van der Waals surface area (Å²) in [5, 5.41) is 9.28. The van der Waals surface area contributed by atoms with E-state index in [0.717, 1.165) is 31.5 Å². The minimum absolute atomic E-state index is 0.0368. The van der Waals surface area contributed by atoms with Gasteiger partial charge in [0, 0.05) is 15.8 Å². The Morgan fingerprint density at radius 3 is 2.94 bits per heavy atom. The average Bonchev–Trinajstić information content (AvgIpc) is 2.77. The molecular weight excluding hydrogens is 320 g/mol. The fourth-order valence-corrected chi connectivity index (χ4v) is 3.60. The zero-order valence-corrected chi connectivity index (χ0v) is 12.4. The van der Waals surface area contributed by atoms with E-state index in [1.165, 1.54) is 11.5 Å². The summed E-state index contributed by atoms with van der Waals surface area (Å²) in [5.74, 6) is 0.873. The first-order valence-electron chi connectivity index (χ1n) is 5.12. The van der Waals surface area contributed by atoms with E-state index in [2.05, 4.69) is 25.3 Å². The van der Waals surface area contributed by atoms with E-state index >= 15 is 0 Å². The van der Waals surface area contributed by atoms with Crippen molar-refractivity contribution in [3.05, 3.63) is 34.1 Å². The monoisotopic (exact) mass is 330 g/mol. The zero-order valence-electron chi connectivity index (χ0n) is 9.18. The lowest BCUT2D eigenvalue weighted by atomic mass is 10.2. The summed E-state index contributed by atoms with van der Waals surface area (Å²) < 4.78 is 6.15. The van der Waals surface area contributed by atoms with Gasteiger partial charge in [-0.2, -0.15) is 4.37 Å². The third-order valence-corrected chi connectivity index (χ3v) is 4.54. The summed E-state index contributed by atoms with van der Waals surface area (Å²) in [6.07, 6.45) is 0.850. The van der Waals surface area contributed by atoms with Gasteiger partial charge in [0.25, 0.3) is 0 Å². The van der Waals surface area contributed by atoms with Gasteiger partial charge in [0.2, 0.25) is 0 Å². The van der Waals surface area contributed by atoms with Crippen LogP contribution in [0.5, 0.6) is 0 Å². The van der Waals surface area contributed by atoms with E-state index in [1.807, 2.05) is 25.1 Å². The second-order valence-corrected chi connectivity index (χ2v) is 6.30. The van der Waals surface area contributed by atoms with Gasteiger partial charge in [-0.25, -0.2) is 4.98 Å². The number of hydrogen-bond acceptors (Lipinski definition) is 5. The van der Waals surface area contributed by atoms with Crippen molar-refractivity contribution >= 4 is 39.2 Å². The molecule has 17 heavy (non-hydrogen) atoms. The average molecular weight is 331 g/mol. The number of aryl methyl sites for hydroxylation is 1. The van der Waals surface area contributed by atoms with Gasteiger partial charge in [-0.15, -0.1) is 0 Å². The molecule has 0 spiro atoms. The van der Waals surface area contributed by atoms with E-state index in [-0.39, 0.29) is 6.61 Å². The molecule has 1 heterocycles. The van der Waals surface area contributed by atoms with E-state index in [0.29, 0.717) is 0 Å². The Kier molecular flexibility index (Phi) is 4.55. The molecule has 0 saturated heterocycles. The highest BCUT2D eigenvalue weighted by atomic mass is 79.9. The molecule has 0 fully saturated rings. The van der Waals surface area contributed by atoms with Gasteiger partial charge < -0.3 is 5.11 Å². The largest absolute Gasteiger partial charge is 0.392 e. The first kappa shape index (κ1) is 13.0. The van der Waals surface area contributed by atoms with Crippen LogP contribution in [-0.2, 0) is 13.0 Å². The molecule has 0 aliphatic carbocycles. The Bertz CT molecular complexity index is 516. The van der Waals surface area contributed by atoms with Crippen molar-refractivity contribution in [3.8, 4) is 0 Å². The summed E-state index contributed by atoms with van der Waals surface area (Å²) in [6, 6.07) is 5.82. The van der Waals surface area contributed by atoms with Crippen LogP contribution in [0.1, 0.15) is 18.3 Å². The summed E-state index contributed by atoms with van der Waals surface area (Å²) in [7, 11) is 0. The zero-order chi connectivity index (χ0) is 12.3. The lowest BCUT2D eigenvalue weighted by molar-refractivity contribution is 0.279. The van der Waals surface area contributed by atoms with Gasteiger partial charge in [0.05, 0.1) is 6.61 Å². The number of halogens is 1. The van der Waals surface area contributed by atoms with Crippen LogP contribution < -0.4 is 0 Å². The first-order valence-corrected chi connectivity index (χ1v) is 7.51. The molecule has 3 nitrogen and oxygen atoms in total. The minimum Gasteiger partial charge on any atom is -0.392 e. The van der Waals surface area contributed by atoms with E-state index in [4.69, 9.17) is 0 Å². The van der Waals surface area contributed by atoms with E-state index in [9.17, 15) is 5.11 Å². The normalized spacial score (nSPS) is 10.8. The number of nitrogens with zero attached hydrogens (tertiary/aromatic N) is 2. The molecular formula is C11H11BrN2OS2. The maximum absolute atomic E-state index is 9.28. The SMILES string of the molecule is CCc1nsc(Sc2cc(Br)ccc2CO)n1. The smallest absolute Gasteiger partial charge is 0.174 e. The molecule has 1 N–H and O–H groups in total. The minimum atomic E-state index is 0.0368. The number of hydrogen-bond donors (Lipinski definition) is 1. The number of benzene rings is 1. The third-order valence-electron chi connectivity index (χ3n) is 2.16. The van der Waals surface area contributed by atoms with Crippen LogP contribution in [0.15, 0.2) is 31.9 Å². The van der Waals surface area contributed by atoms with Gasteiger partial charge in [0.1, 0.15) is 5.82 Å². The van der Waals surface area contributed by atoms with Gasteiger partial charge in [-0.3, -0.25) is 0 Å². The molecule has 2 rings (SSSR count). The molecule has 0 atom stereocenters. The Morgan fingerprint density at radius 1 is 1.47 bits per heavy atom. The van der Waals surface area contributed by atoms with Gasteiger partial charge in [0.15, 0.2) is 4.34 Å². The van der Waals surface area contributed by atoms with Gasteiger partial charge in [-0.05, 0) is 29.2 Å². The van der Waals surface area contributed by atoms with Crippen LogP contribution in [-0.4, -0.2) is 14.5 Å². The fourth-order valence-electron chi connectivity index (χ4n) is 1.27. The molecule has 2 aromatic rings. The topological polar surface area (TPSA) is 46.0 Å². The number of aliphatic hydroxyl groups excluding tert-OH is 1. The predicted molar refractivity (Wildman–Crippen MR) is 73.5 cm³/mol. The summed E-state index contributed by atoms with van der Waals surface area (Å²) >= 11 is 6.37. The van der Waals surface area contributed by atoms with Crippen LogP contribution in [0, 0.1) is 0 Å². The van der Waals surface area contributed by atoms with Crippen molar-refractivity contribution in [1.29, 1.82) is 0 Å². The van der Waals surface area contributed by atoms with Crippen LogP contribution in [0.25, 0.3) is 0 Å². The summed E-state index contributed by atoms with van der Waals surface area (Å²) in [4.78, 5) is 5.42. The molecule has 1 aromatic heterocycles. The quantitative estimate of drug-likeness (QED) is 0.931. The standard InChI is InChI=1S/C11H11BrN2OS2/c1-2-10-13-11(17-14-10)16-9-5-8(12)4-3-7(9)6-15/h3-5,15H,2,6H2,1H3. The molecule has 0 amide bonds. The molecule has 0 aliphatic rings. The van der Waals surface area contributed by atoms with Crippen molar-refractivity contribution in [2.75, 3.05) is 0 Å². The van der Waals surface area contributed by atoms with E-state index in [1.54, 1.807) is 11.8 Å². The van der Waals surface area contributed by atoms with Crippen LogP contribution >= 0.6 is 39.2 Å². The van der Waals surface area contributed by atoms with Crippen molar-refractivity contribution in [2.24, 2.45) is 0 Å². The molecule has 0 radical (unpaired) electrons. The van der Waals surface area contributed by atoms with Gasteiger partial charge in [-0.1, -0.05) is 40.7 Å². The predicted octanol–water partition coefficient (Wildman–Crippen LogP) is 3.51. The van der Waals surface area contributed by atoms with Crippen molar-refractivity contribution < 1.29 is 5.11 Å². The highest BCUT2D eigenvalue weighted by Crippen LogP contribution is 2.33. The second kappa shape index (κ2) is 5.95. The van der Waals surface area contributed by atoms with E-state index < -0.39 is 0 Å².